The molecule has 0 spiro atoms. The van der Waals surface area contributed by atoms with Crippen LogP contribution in [0.15, 0.2) is 219 Å². The second-order valence-corrected chi connectivity index (χ2v) is 22.7. The molecule has 0 aliphatic carbocycles. The Balaban J connectivity index is 0.000000183. The van der Waals surface area contributed by atoms with Crippen molar-refractivity contribution in [3.8, 4) is 69.2 Å². The van der Waals surface area contributed by atoms with E-state index in [-0.39, 0.29) is 0 Å². The quantitative estimate of drug-likeness (QED) is 0.0233. The first-order valence-corrected chi connectivity index (χ1v) is 32.0. The first kappa shape index (κ1) is 65.7. The summed E-state index contributed by atoms with van der Waals surface area (Å²) in [6.07, 6.45) is 60.9. The van der Waals surface area contributed by atoms with Crippen LogP contribution in [0.2, 0.25) is 0 Å². The first-order chi connectivity index (χ1) is 45.4. The van der Waals surface area contributed by atoms with Gasteiger partial charge in [-0.25, -0.2) is 45.9 Å². The normalized spacial score (nSPS) is 12.3. The zero-order chi connectivity index (χ0) is 63.6. The van der Waals surface area contributed by atoms with E-state index in [9.17, 15) is 0 Å². The van der Waals surface area contributed by atoms with E-state index >= 15 is 0 Å². The lowest BCUT2D eigenvalue weighted by Crippen LogP contribution is -2.35. The number of terminal acetylenes is 2. The van der Waals surface area contributed by atoms with Gasteiger partial charge in [-0.3, -0.25) is 0 Å². The smallest absolute Gasteiger partial charge is 0.169 e. The molecule has 20 heteroatoms. The first-order valence-electron chi connectivity index (χ1n) is 32.0. The number of hydrogen-bond acceptors (Lipinski definition) is 6. The van der Waals surface area contributed by atoms with E-state index in [1.54, 1.807) is 0 Å². The van der Waals surface area contributed by atoms with Crippen LogP contribution in [0.3, 0.4) is 0 Å². The molecular formula is C72H84N20+8. The van der Waals surface area contributed by atoms with Crippen molar-refractivity contribution in [2.75, 3.05) is 13.1 Å². The Labute approximate surface area is 539 Å². The van der Waals surface area contributed by atoms with Crippen LogP contribution >= 0.6 is 0 Å². The molecule has 10 aliphatic rings. The van der Waals surface area contributed by atoms with Crippen molar-refractivity contribution in [2.45, 2.75) is 142 Å². The molecule has 12 bridgehead atoms. The summed E-state index contributed by atoms with van der Waals surface area (Å²) in [6.45, 7) is 9.52. The van der Waals surface area contributed by atoms with Crippen molar-refractivity contribution in [3.63, 3.8) is 0 Å². The number of hydrogen-bond donors (Lipinski definition) is 0. The molecule has 0 saturated carbocycles. The van der Waals surface area contributed by atoms with E-state index in [1.807, 2.05) is 67.6 Å². The lowest BCUT2D eigenvalue weighted by atomic mass is 10.1. The third-order valence-electron chi connectivity index (χ3n) is 16.0. The van der Waals surface area contributed by atoms with Crippen molar-refractivity contribution in [1.82, 2.24) is 30.0 Å². The topological polar surface area (TPSA) is 190 Å². The third kappa shape index (κ3) is 21.8. The lowest BCUT2D eigenvalue weighted by molar-refractivity contribution is -0.698. The van der Waals surface area contributed by atoms with Crippen molar-refractivity contribution >= 4 is 0 Å². The Bertz CT molecular complexity index is 3720. The SMILES string of the molecule is C#CCCCC[n+]1ccc(-c2cc[n+](CCCCC#C)cc2)cc1.[N-]=[N+]=NCC[n+]1ccc(-c2cc[n+](CCN=[N+]=[N-])cc2)cc1.c1c[n+]2ccc1-c1cc[n+](cc1)CCCCc1cn(nn1)CC[n+]1ccc(cc1)-c1cc[n+](cc1)CCn1cc(nn1)CCCC2. The Morgan fingerprint density at radius 1 is 0.380 bits per heavy atom. The molecule has 464 valence electrons. The summed E-state index contributed by atoms with van der Waals surface area (Å²) in [7, 11) is 0. The summed E-state index contributed by atoms with van der Waals surface area (Å²) in [4.78, 5) is 5.47. The molecule has 92 heavy (non-hydrogen) atoms. The Kier molecular flexibility index (Phi) is 26.1. The zero-order valence-corrected chi connectivity index (χ0v) is 52.7. The number of azide groups is 2. The summed E-state index contributed by atoms with van der Waals surface area (Å²) in [5.74, 6) is 5.38. The van der Waals surface area contributed by atoms with Crippen molar-refractivity contribution in [2.24, 2.45) is 10.2 Å². The van der Waals surface area contributed by atoms with Crippen molar-refractivity contribution in [1.29, 1.82) is 0 Å². The maximum atomic E-state index is 8.25. The van der Waals surface area contributed by atoms with E-state index < -0.39 is 0 Å². The van der Waals surface area contributed by atoms with Crippen LogP contribution in [0.25, 0.3) is 65.4 Å². The molecule has 0 atom stereocenters. The average Bonchev–Trinajstić information content (AvgIpc) is 3.03. The van der Waals surface area contributed by atoms with Crippen molar-refractivity contribution in [3.05, 3.63) is 241 Å². The highest BCUT2D eigenvalue weighted by molar-refractivity contribution is 5.63. The summed E-state index contributed by atoms with van der Waals surface area (Å²) in [5, 5.41) is 24.6. The Morgan fingerprint density at radius 2 is 0.663 bits per heavy atom. The van der Waals surface area contributed by atoms with Gasteiger partial charge in [0.1, 0.15) is 39.3 Å². The summed E-state index contributed by atoms with van der Waals surface area (Å²) < 4.78 is 21.2. The van der Waals surface area contributed by atoms with Crippen LogP contribution in [0.4, 0.5) is 0 Å². The Hall–Kier alpha value is -10.8. The molecule has 0 unspecified atom stereocenters. The van der Waals surface area contributed by atoms with Gasteiger partial charge in [-0.2, -0.15) is 0 Å². The van der Waals surface area contributed by atoms with Gasteiger partial charge in [-0.1, -0.05) is 20.7 Å². The molecule has 10 aliphatic heterocycles. The van der Waals surface area contributed by atoms with Crippen LogP contribution in [0.5, 0.6) is 0 Å². The number of aromatic nitrogens is 14. The van der Waals surface area contributed by atoms with Crippen molar-refractivity contribution < 1.29 is 36.5 Å². The standard InChI is InChI=1S/C36H42N10.C22H26N2.C14H16N8/c1-3-15-41-17-7-31(8-18-41)32-9-19-42(20-10-32)16-4-2-6-36-30-46(40-38-36)28-26-44-23-13-34(14-24-44)33-11-21-43(22-12-33)25-27-45-29-35(5-1)37-39-45;1-3-5-7-9-15-23-17-11-21(12-18-23)22-13-19-24(20-14-22)16-10-8-6-4-2;15-19-17-5-11-21-7-1-13(2-8-21)14-3-9-22(10-4-14)12-6-18-20-16/h7-14,17-24,29-30H,1-6,15-16,25-28H2;1-2,11-14,17-20H,5-10,15-16H2;1-4,7-10H,5-6,11-12H2/q+4;2*+2. The Morgan fingerprint density at radius 3 is 0.957 bits per heavy atom. The molecule has 0 amide bonds. The second kappa shape index (κ2) is 36.6. The molecule has 0 N–H and O–H groups in total. The lowest BCUT2D eigenvalue weighted by Gasteiger charge is -2.03. The molecule has 20 nitrogen and oxygen atoms in total. The number of rotatable bonds is 16. The highest BCUT2D eigenvalue weighted by atomic mass is 15.4. The number of aryl methyl sites for hydroxylation is 10. The molecule has 0 fully saturated rings. The van der Waals surface area contributed by atoms with Crippen LogP contribution in [0, 0.1) is 24.7 Å². The molecule has 20 heterocycles. The maximum Gasteiger partial charge on any atom is 0.169 e. The van der Waals surface area contributed by atoms with Gasteiger partial charge in [0.2, 0.25) is 0 Å². The monoisotopic (exact) mass is 1230 g/mol. The zero-order valence-electron chi connectivity index (χ0n) is 52.7. The van der Waals surface area contributed by atoms with E-state index in [0.29, 0.717) is 26.2 Å². The van der Waals surface area contributed by atoms with Gasteiger partial charge in [0, 0.05) is 158 Å². The van der Waals surface area contributed by atoms with Gasteiger partial charge in [0.05, 0.1) is 24.5 Å². The van der Waals surface area contributed by atoms with E-state index in [0.717, 1.165) is 152 Å². The summed E-state index contributed by atoms with van der Waals surface area (Å²) >= 11 is 0. The molecule has 20 rings (SSSR count). The average molecular weight is 1230 g/mol. The summed E-state index contributed by atoms with van der Waals surface area (Å²) in [5.41, 5.74) is 28.2. The van der Waals surface area contributed by atoms with Crippen LogP contribution in [-0.4, -0.2) is 43.1 Å². The predicted molar refractivity (Wildman–Crippen MR) is 348 cm³/mol. The molecule has 0 saturated heterocycles. The predicted octanol–water partition coefficient (Wildman–Crippen LogP) is 9.20. The van der Waals surface area contributed by atoms with Gasteiger partial charge in [0.15, 0.2) is 125 Å². The fourth-order valence-corrected chi connectivity index (χ4v) is 10.6. The number of unbranched alkanes of at least 4 members (excludes halogenated alkanes) is 4. The van der Waals surface area contributed by atoms with Crippen LogP contribution in [0.1, 0.15) is 75.6 Å². The van der Waals surface area contributed by atoms with Crippen LogP contribution in [-0.2, 0) is 78.3 Å². The highest BCUT2D eigenvalue weighted by Crippen LogP contribution is 2.19. The third-order valence-corrected chi connectivity index (χ3v) is 16.0. The number of pyridine rings is 8. The van der Waals surface area contributed by atoms with E-state index in [2.05, 4.69) is 239 Å². The van der Waals surface area contributed by atoms with Gasteiger partial charge >= 0.3 is 0 Å². The molecule has 10 aromatic heterocycles. The van der Waals surface area contributed by atoms with Gasteiger partial charge in [-0.15, -0.1) is 34.9 Å². The molecule has 0 radical (unpaired) electrons. The molecule has 0 aromatic carbocycles. The maximum absolute atomic E-state index is 8.25. The van der Waals surface area contributed by atoms with Crippen LogP contribution < -0.4 is 36.5 Å². The van der Waals surface area contributed by atoms with Gasteiger partial charge in [0.25, 0.3) is 0 Å². The minimum Gasteiger partial charge on any atom is -0.246 e. The minimum absolute atomic E-state index is 0.441. The van der Waals surface area contributed by atoms with Gasteiger partial charge in [-0.05, 0) is 94.1 Å². The summed E-state index contributed by atoms with van der Waals surface area (Å²) in [6, 6.07) is 34.3. The molecular weight excluding hydrogens is 1140 g/mol. The largest absolute Gasteiger partial charge is 0.246 e. The fraction of sp³-hybridized carbons (Fsp3) is 0.333. The minimum atomic E-state index is 0.441. The van der Waals surface area contributed by atoms with E-state index in [4.69, 9.17) is 23.9 Å². The van der Waals surface area contributed by atoms with E-state index in [1.165, 1.54) is 33.4 Å². The highest BCUT2D eigenvalue weighted by Gasteiger charge is 2.13. The second-order valence-electron chi connectivity index (χ2n) is 22.7. The number of nitrogens with zero attached hydrogens (tertiary/aromatic N) is 20. The molecule has 10 aromatic rings. The fourth-order valence-electron chi connectivity index (χ4n) is 10.6. The van der Waals surface area contributed by atoms with Gasteiger partial charge < -0.3 is 0 Å².